The van der Waals surface area contributed by atoms with Crippen LogP contribution < -0.4 is 4.18 Å². The number of hydrogen-bond acceptors (Lipinski definition) is 7. The molecule has 6 nitrogen and oxygen atoms in total. The van der Waals surface area contributed by atoms with Crippen LogP contribution in [0.2, 0.25) is 0 Å². The predicted octanol–water partition coefficient (Wildman–Crippen LogP) is 0.789. The van der Waals surface area contributed by atoms with E-state index in [1.165, 1.54) is 6.92 Å². The van der Waals surface area contributed by atoms with Gasteiger partial charge in [-0.2, -0.15) is 8.42 Å². The zero-order valence-corrected chi connectivity index (χ0v) is 10.7. The van der Waals surface area contributed by atoms with Crippen LogP contribution in [-0.2, 0) is 20.0 Å². The van der Waals surface area contributed by atoms with Crippen LogP contribution in [-0.4, -0.2) is 27.6 Å². The Bertz CT molecular complexity index is 583. The topological polar surface area (TPSA) is 90.4 Å². The van der Waals surface area contributed by atoms with Gasteiger partial charge in [0.15, 0.2) is 0 Å². The molecule has 0 fully saturated rings. The smallest absolute Gasteiger partial charge is 0.332 e. The maximum absolute atomic E-state index is 11.4. The van der Waals surface area contributed by atoms with E-state index in [0.717, 1.165) is 6.20 Å². The minimum absolute atomic E-state index is 0.103. The lowest BCUT2D eigenvalue weighted by Gasteiger charge is -1.97. The Balaban J connectivity index is 3.02. The van der Waals surface area contributed by atoms with Gasteiger partial charge in [-0.05, 0) is 0 Å². The largest absolute Gasteiger partial charge is 0.366 e. The number of aromatic nitrogens is 1. The third-order valence-corrected chi connectivity index (χ3v) is 5.52. The van der Waals surface area contributed by atoms with Crippen molar-refractivity contribution >= 4 is 31.3 Å². The van der Waals surface area contributed by atoms with E-state index in [0.29, 0.717) is 16.7 Å². The van der Waals surface area contributed by atoms with Gasteiger partial charge < -0.3 is 4.18 Å². The molecule has 1 heterocycles. The number of sulfone groups is 1. The van der Waals surface area contributed by atoms with Gasteiger partial charge in [0.05, 0.1) is 17.4 Å². The van der Waals surface area contributed by atoms with Crippen molar-refractivity contribution in [1.82, 2.24) is 4.98 Å². The van der Waals surface area contributed by atoms with Crippen molar-refractivity contribution in [1.29, 1.82) is 0 Å². The molecule has 0 spiro atoms. The highest BCUT2D eigenvalue weighted by atomic mass is 32.2. The van der Waals surface area contributed by atoms with Gasteiger partial charge in [0, 0.05) is 0 Å². The van der Waals surface area contributed by atoms with Crippen molar-refractivity contribution in [2.75, 3.05) is 5.75 Å². The molecule has 0 saturated carbocycles. The fourth-order valence-electron chi connectivity index (χ4n) is 0.698. The van der Waals surface area contributed by atoms with E-state index in [1.807, 2.05) is 0 Å². The molecule has 1 aromatic heterocycles. The summed E-state index contributed by atoms with van der Waals surface area (Å²) in [6.45, 7) is 4.52. The number of rotatable bonds is 5. The van der Waals surface area contributed by atoms with Crippen LogP contribution >= 0.6 is 11.3 Å². The molecule has 0 radical (unpaired) electrons. The van der Waals surface area contributed by atoms with Gasteiger partial charge in [0.25, 0.3) is 0 Å². The zero-order chi connectivity index (χ0) is 12.4. The Hall–Kier alpha value is -0.930. The summed E-state index contributed by atoms with van der Waals surface area (Å²) in [7, 11) is -7.30. The highest BCUT2D eigenvalue weighted by Crippen LogP contribution is 2.27. The molecule has 0 bridgehead atoms. The number of hydrogen-bond donors (Lipinski definition) is 0. The Morgan fingerprint density at radius 3 is 2.62 bits per heavy atom. The maximum atomic E-state index is 11.4. The molecule has 0 aliphatic heterocycles. The van der Waals surface area contributed by atoms with E-state index in [9.17, 15) is 16.8 Å². The summed E-state index contributed by atoms with van der Waals surface area (Å²) >= 11 is 0.658. The molecule has 0 saturated heterocycles. The first-order chi connectivity index (χ1) is 7.30. The lowest BCUT2D eigenvalue weighted by molar-refractivity contribution is 0.503. The van der Waals surface area contributed by atoms with Crippen LogP contribution in [0.4, 0.5) is 0 Å². The van der Waals surface area contributed by atoms with Crippen molar-refractivity contribution in [3.05, 3.63) is 18.2 Å². The van der Waals surface area contributed by atoms with Gasteiger partial charge >= 0.3 is 10.1 Å². The fraction of sp³-hybridized carbons (Fsp3) is 0.286. The quantitative estimate of drug-likeness (QED) is 0.742. The SMILES string of the molecule is C=CS(=O)(=O)Oc1cnc(S(=O)(=O)CC)s1. The second kappa shape index (κ2) is 4.52. The lowest BCUT2D eigenvalue weighted by Crippen LogP contribution is -2.03. The Kier molecular flexibility index (Phi) is 3.71. The summed E-state index contributed by atoms with van der Waals surface area (Å²) in [5.41, 5.74) is 0. The van der Waals surface area contributed by atoms with Gasteiger partial charge in [0.2, 0.25) is 19.2 Å². The van der Waals surface area contributed by atoms with Gasteiger partial charge in [-0.3, -0.25) is 0 Å². The predicted molar refractivity (Wildman–Crippen MR) is 59.6 cm³/mol. The molecule has 90 valence electrons. The van der Waals surface area contributed by atoms with Gasteiger partial charge in [0.1, 0.15) is 0 Å². The third-order valence-electron chi connectivity index (χ3n) is 1.51. The highest BCUT2D eigenvalue weighted by Gasteiger charge is 2.19. The molecule has 0 amide bonds. The zero-order valence-electron chi connectivity index (χ0n) is 8.28. The van der Waals surface area contributed by atoms with E-state index >= 15 is 0 Å². The molecule has 0 aliphatic rings. The molecule has 1 rings (SSSR count). The Morgan fingerprint density at radius 1 is 1.50 bits per heavy atom. The summed E-state index contributed by atoms with van der Waals surface area (Å²) in [6.07, 6.45) is 1.05. The first-order valence-corrected chi connectivity index (χ1v) is 8.00. The monoisotopic (exact) mass is 283 g/mol. The molecule has 9 heteroatoms. The minimum atomic E-state index is -3.87. The maximum Gasteiger partial charge on any atom is 0.332 e. The average molecular weight is 283 g/mol. The summed E-state index contributed by atoms with van der Waals surface area (Å²) < 4.78 is 49.1. The Labute approximate surface area is 97.6 Å². The second-order valence-corrected chi connectivity index (χ2v) is 7.52. The normalized spacial score (nSPS) is 12.3. The van der Waals surface area contributed by atoms with E-state index in [-0.39, 0.29) is 15.2 Å². The summed E-state index contributed by atoms with van der Waals surface area (Å²) in [5, 5.41) is 0.521. The minimum Gasteiger partial charge on any atom is -0.366 e. The second-order valence-electron chi connectivity index (χ2n) is 2.59. The van der Waals surface area contributed by atoms with E-state index in [4.69, 9.17) is 0 Å². The van der Waals surface area contributed by atoms with E-state index < -0.39 is 20.0 Å². The van der Waals surface area contributed by atoms with Crippen LogP contribution in [0.3, 0.4) is 0 Å². The van der Waals surface area contributed by atoms with Crippen LogP contribution in [0.1, 0.15) is 6.92 Å². The molecule has 16 heavy (non-hydrogen) atoms. The molecular formula is C7H9NO5S3. The average Bonchev–Trinajstić information content (AvgIpc) is 2.66. The molecule has 0 atom stereocenters. The van der Waals surface area contributed by atoms with Crippen molar-refractivity contribution in [2.45, 2.75) is 11.3 Å². The van der Waals surface area contributed by atoms with Crippen molar-refractivity contribution in [3.8, 4) is 5.06 Å². The molecule has 0 aliphatic carbocycles. The van der Waals surface area contributed by atoms with E-state index in [2.05, 4.69) is 15.7 Å². The molecular weight excluding hydrogens is 274 g/mol. The van der Waals surface area contributed by atoms with Crippen molar-refractivity contribution in [2.24, 2.45) is 0 Å². The molecule has 0 aromatic carbocycles. The fourth-order valence-corrected chi connectivity index (χ4v) is 3.41. The van der Waals surface area contributed by atoms with E-state index in [1.54, 1.807) is 0 Å². The van der Waals surface area contributed by atoms with Crippen LogP contribution in [0, 0.1) is 0 Å². The van der Waals surface area contributed by atoms with Crippen molar-refractivity contribution in [3.63, 3.8) is 0 Å². The number of nitrogens with zero attached hydrogens (tertiary/aromatic N) is 1. The Morgan fingerprint density at radius 2 is 2.12 bits per heavy atom. The first kappa shape index (κ1) is 13.1. The summed E-state index contributed by atoms with van der Waals surface area (Å²) in [4.78, 5) is 3.58. The molecule has 1 aromatic rings. The highest BCUT2D eigenvalue weighted by molar-refractivity contribution is 7.93. The van der Waals surface area contributed by atoms with Crippen LogP contribution in [0.25, 0.3) is 0 Å². The van der Waals surface area contributed by atoms with Gasteiger partial charge in [-0.1, -0.05) is 24.8 Å². The lowest BCUT2D eigenvalue weighted by atomic mass is 10.9. The first-order valence-electron chi connectivity index (χ1n) is 4.06. The molecule has 0 N–H and O–H groups in total. The third kappa shape index (κ3) is 3.03. The van der Waals surface area contributed by atoms with Crippen LogP contribution in [0.15, 0.2) is 22.5 Å². The standard InChI is InChI=1S/C7H9NO5S3/c1-3-15(9,10)7-8-5-6(14-7)13-16(11,12)4-2/h4-5H,2-3H2,1H3. The van der Waals surface area contributed by atoms with Crippen LogP contribution in [0.5, 0.6) is 5.06 Å². The van der Waals surface area contributed by atoms with Gasteiger partial charge in [-0.15, -0.1) is 0 Å². The molecule has 0 unspecified atom stereocenters. The van der Waals surface area contributed by atoms with Gasteiger partial charge in [-0.25, -0.2) is 13.4 Å². The number of thiazole rings is 1. The summed E-state index contributed by atoms with van der Waals surface area (Å²) in [5.74, 6) is -0.103. The van der Waals surface area contributed by atoms with Crippen molar-refractivity contribution < 1.29 is 21.0 Å². The summed E-state index contributed by atoms with van der Waals surface area (Å²) in [6, 6.07) is 0.